The molecule has 2 aromatic rings. The van der Waals surface area contributed by atoms with Gasteiger partial charge in [0.05, 0.1) is 4.47 Å². The van der Waals surface area contributed by atoms with E-state index < -0.39 is 5.92 Å². The Kier molecular flexibility index (Phi) is 7.32. The molecule has 0 spiro atoms. The van der Waals surface area contributed by atoms with E-state index in [1.54, 1.807) is 6.07 Å². The number of anilines is 1. The second-order valence-electron chi connectivity index (χ2n) is 13.1. The molecule has 0 saturated heterocycles. The maximum Gasteiger partial charge on any atom is 0.262 e. The Morgan fingerprint density at radius 3 is 2.05 bits per heavy atom. The van der Waals surface area contributed by atoms with Crippen molar-refractivity contribution in [3.8, 4) is 5.75 Å². The molecule has 3 aliphatic rings. The summed E-state index contributed by atoms with van der Waals surface area (Å²) in [7, 11) is 0. The number of aryl methyl sites for hydroxylation is 2. The number of halogens is 1. The van der Waals surface area contributed by atoms with Crippen molar-refractivity contribution in [2.24, 2.45) is 10.8 Å². The molecule has 0 radical (unpaired) electrons. The molecular formula is C33H37BrN2O4. The number of Topliss-reactive ketones (excluding diaryl/α,β-unsaturated/α-hetero) is 2. The number of amides is 1. The molecule has 1 amide bonds. The van der Waals surface area contributed by atoms with Crippen LogP contribution in [0.3, 0.4) is 0 Å². The SMILES string of the molecule is Cc1ccc(NC(=O)COc2ccc(C3C4=C(CC(C)(C)CC4=O)NC4=C3C(=O)CC(C)(C)C4)cc2Br)cc1C. The van der Waals surface area contributed by atoms with Crippen LogP contribution in [0.25, 0.3) is 0 Å². The van der Waals surface area contributed by atoms with Crippen LogP contribution in [0.5, 0.6) is 5.75 Å². The van der Waals surface area contributed by atoms with E-state index in [1.165, 1.54) is 0 Å². The number of carbonyl (C=O) groups excluding carboxylic acids is 3. The maximum atomic E-state index is 13.5. The number of benzene rings is 2. The molecular weight excluding hydrogens is 568 g/mol. The summed E-state index contributed by atoms with van der Waals surface area (Å²) in [4.78, 5) is 39.6. The van der Waals surface area contributed by atoms with Crippen molar-refractivity contribution in [2.75, 3.05) is 11.9 Å². The van der Waals surface area contributed by atoms with E-state index in [2.05, 4.69) is 54.3 Å². The zero-order valence-electron chi connectivity index (χ0n) is 24.1. The number of nitrogens with one attached hydrogen (secondary N) is 2. The van der Waals surface area contributed by atoms with E-state index in [1.807, 2.05) is 44.2 Å². The van der Waals surface area contributed by atoms with Gasteiger partial charge in [-0.05, 0) is 94.4 Å². The van der Waals surface area contributed by atoms with Crippen molar-refractivity contribution in [3.05, 3.63) is 80.1 Å². The molecule has 0 fully saturated rings. The van der Waals surface area contributed by atoms with Crippen LogP contribution in [-0.4, -0.2) is 24.1 Å². The second-order valence-corrected chi connectivity index (χ2v) is 13.9. The fourth-order valence-electron chi connectivity index (χ4n) is 6.20. The summed E-state index contributed by atoms with van der Waals surface area (Å²) in [5.74, 6) is 0.0215. The number of dihydropyridines is 1. The van der Waals surface area contributed by atoms with Crippen LogP contribution < -0.4 is 15.4 Å². The Hall–Kier alpha value is -3.19. The van der Waals surface area contributed by atoms with E-state index in [0.717, 1.165) is 46.6 Å². The van der Waals surface area contributed by atoms with Gasteiger partial charge in [-0.2, -0.15) is 0 Å². The normalized spacial score (nSPS) is 20.1. The Balaban J connectivity index is 1.42. The summed E-state index contributed by atoms with van der Waals surface area (Å²) in [5.41, 5.74) is 6.86. The van der Waals surface area contributed by atoms with Gasteiger partial charge in [-0.1, -0.05) is 39.8 Å². The monoisotopic (exact) mass is 604 g/mol. The van der Waals surface area contributed by atoms with Gasteiger partial charge in [0.1, 0.15) is 5.75 Å². The molecule has 1 aliphatic heterocycles. The maximum absolute atomic E-state index is 13.5. The highest BCUT2D eigenvalue weighted by atomic mass is 79.9. The molecule has 0 aromatic heterocycles. The summed E-state index contributed by atoms with van der Waals surface area (Å²) in [6.07, 6.45) is 2.41. The molecule has 6 nitrogen and oxygen atoms in total. The first-order valence-corrected chi connectivity index (χ1v) is 14.6. The topological polar surface area (TPSA) is 84.5 Å². The Morgan fingerprint density at radius 1 is 0.900 bits per heavy atom. The van der Waals surface area contributed by atoms with E-state index in [4.69, 9.17) is 4.74 Å². The van der Waals surface area contributed by atoms with E-state index in [0.29, 0.717) is 34.2 Å². The molecule has 2 N–H and O–H groups in total. The van der Waals surface area contributed by atoms with Crippen LogP contribution in [0, 0.1) is 24.7 Å². The molecule has 0 unspecified atom stereocenters. The minimum atomic E-state index is -0.420. The molecule has 210 valence electrons. The second kappa shape index (κ2) is 10.3. The van der Waals surface area contributed by atoms with Gasteiger partial charge >= 0.3 is 0 Å². The Morgan fingerprint density at radius 2 is 1.50 bits per heavy atom. The summed E-state index contributed by atoms with van der Waals surface area (Å²) < 4.78 is 6.51. The van der Waals surface area contributed by atoms with E-state index in [9.17, 15) is 14.4 Å². The average molecular weight is 606 g/mol. The van der Waals surface area contributed by atoms with Gasteiger partial charge in [0.15, 0.2) is 18.2 Å². The number of carbonyl (C=O) groups is 3. The average Bonchev–Trinajstić information content (AvgIpc) is 2.82. The quantitative estimate of drug-likeness (QED) is 0.382. The van der Waals surface area contributed by atoms with Gasteiger partial charge in [-0.3, -0.25) is 14.4 Å². The van der Waals surface area contributed by atoms with Crippen molar-refractivity contribution in [3.63, 3.8) is 0 Å². The van der Waals surface area contributed by atoms with E-state index >= 15 is 0 Å². The molecule has 2 aromatic carbocycles. The number of ketones is 2. The molecule has 0 saturated carbocycles. The summed E-state index contributed by atoms with van der Waals surface area (Å²) >= 11 is 3.62. The Labute approximate surface area is 244 Å². The van der Waals surface area contributed by atoms with Gasteiger partial charge in [0.25, 0.3) is 5.91 Å². The van der Waals surface area contributed by atoms with Crippen LogP contribution in [0.2, 0.25) is 0 Å². The van der Waals surface area contributed by atoms with Crippen molar-refractivity contribution < 1.29 is 19.1 Å². The minimum absolute atomic E-state index is 0.0902. The van der Waals surface area contributed by atoms with E-state index in [-0.39, 0.29) is 34.9 Å². The molecule has 5 rings (SSSR count). The van der Waals surface area contributed by atoms with Crippen LogP contribution >= 0.6 is 15.9 Å². The lowest BCUT2D eigenvalue weighted by Crippen LogP contribution is -2.42. The van der Waals surface area contributed by atoms with Gasteiger partial charge in [0, 0.05) is 47.0 Å². The number of hydrogen-bond donors (Lipinski definition) is 2. The molecule has 1 heterocycles. The predicted octanol–water partition coefficient (Wildman–Crippen LogP) is 7.06. The van der Waals surface area contributed by atoms with Crippen molar-refractivity contribution >= 4 is 39.1 Å². The standard InChI is InChI=1S/C33H37BrN2O4/c1-18-7-9-21(11-19(18)2)35-28(39)17-40-27-10-8-20(12-22(27)34)29-30-23(13-32(3,4)15-25(30)37)36-24-14-33(5,6)16-26(38)31(24)29/h7-12,29,36H,13-17H2,1-6H3,(H,35,39). The number of ether oxygens (including phenoxy) is 1. The fourth-order valence-corrected chi connectivity index (χ4v) is 6.71. The van der Waals surface area contributed by atoms with Crippen molar-refractivity contribution in [1.29, 1.82) is 0 Å². The van der Waals surface area contributed by atoms with Crippen LogP contribution in [0.15, 0.2) is 63.4 Å². The largest absolute Gasteiger partial charge is 0.483 e. The lowest BCUT2D eigenvalue weighted by molar-refractivity contribution is -0.119. The lowest BCUT2D eigenvalue weighted by atomic mass is 9.64. The first-order valence-electron chi connectivity index (χ1n) is 13.8. The lowest BCUT2D eigenvalue weighted by Gasteiger charge is -2.44. The number of allylic oxidation sites excluding steroid dienone is 4. The van der Waals surface area contributed by atoms with Crippen LogP contribution in [-0.2, 0) is 14.4 Å². The van der Waals surface area contributed by atoms with Gasteiger partial charge in [-0.25, -0.2) is 0 Å². The summed E-state index contributed by atoms with van der Waals surface area (Å²) in [6.45, 7) is 12.3. The van der Waals surface area contributed by atoms with Gasteiger partial charge in [0.2, 0.25) is 0 Å². The molecule has 2 aliphatic carbocycles. The molecule has 0 atom stereocenters. The Bertz CT molecular complexity index is 1450. The van der Waals surface area contributed by atoms with Gasteiger partial charge < -0.3 is 15.4 Å². The smallest absolute Gasteiger partial charge is 0.262 e. The zero-order chi connectivity index (χ0) is 29.0. The zero-order valence-corrected chi connectivity index (χ0v) is 25.7. The third-order valence-electron chi connectivity index (χ3n) is 8.16. The highest BCUT2D eigenvalue weighted by Crippen LogP contribution is 2.51. The summed E-state index contributed by atoms with van der Waals surface area (Å²) in [5, 5.41) is 6.43. The third-order valence-corrected chi connectivity index (χ3v) is 8.78. The van der Waals surface area contributed by atoms with Crippen LogP contribution in [0.4, 0.5) is 5.69 Å². The number of rotatable bonds is 5. The molecule has 40 heavy (non-hydrogen) atoms. The van der Waals surface area contributed by atoms with Gasteiger partial charge in [-0.15, -0.1) is 0 Å². The predicted molar refractivity (Wildman–Crippen MR) is 160 cm³/mol. The summed E-state index contributed by atoms with van der Waals surface area (Å²) in [6, 6.07) is 11.4. The minimum Gasteiger partial charge on any atom is -0.483 e. The highest BCUT2D eigenvalue weighted by molar-refractivity contribution is 9.10. The van der Waals surface area contributed by atoms with Crippen molar-refractivity contribution in [1.82, 2.24) is 5.32 Å². The highest BCUT2D eigenvalue weighted by Gasteiger charge is 2.46. The molecule has 0 bridgehead atoms. The number of hydrogen-bond acceptors (Lipinski definition) is 5. The first-order chi connectivity index (χ1) is 18.7. The fraction of sp³-hybridized carbons (Fsp3) is 0.424. The van der Waals surface area contributed by atoms with Crippen LogP contribution in [0.1, 0.15) is 76.0 Å². The molecule has 7 heteroatoms. The van der Waals surface area contributed by atoms with Crippen molar-refractivity contribution in [2.45, 2.75) is 73.1 Å². The third kappa shape index (κ3) is 5.67. The first kappa shape index (κ1) is 28.3.